The van der Waals surface area contributed by atoms with Gasteiger partial charge in [0.2, 0.25) is 0 Å². The second-order valence-corrected chi connectivity index (χ2v) is 6.57. The summed E-state index contributed by atoms with van der Waals surface area (Å²) in [4.78, 5) is 16.8. The molecule has 4 nitrogen and oxygen atoms in total. The van der Waals surface area contributed by atoms with Gasteiger partial charge in [0.1, 0.15) is 0 Å². The number of benzene rings is 2. The molecule has 3 rings (SSSR count). The summed E-state index contributed by atoms with van der Waals surface area (Å²) in [5.74, 6) is 0. The Morgan fingerprint density at radius 1 is 1.08 bits per heavy atom. The van der Waals surface area contributed by atoms with E-state index < -0.39 is 0 Å². The van der Waals surface area contributed by atoms with Crippen LogP contribution < -0.4 is 10.2 Å². The molecule has 0 spiro atoms. The molecule has 2 aromatic rings. The minimum Gasteiger partial charge on any atom is -0.365 e. The smallest absolute Gasteiger partial charge is 0.321 e. The third kappa shape index (κ3) is 3.53. The number of carbonyl (C=O) groups is 1. The van der Waals surface area contributed by atoms with E-state index in [1.54, 1.807) is 0 Å². The van der Waals surface area contributed by atoms with E-state index in [2.05, 4.69) is 48.3 Å². The van der Waals surface area contributed by atoms with E-state index in [9.17, 15) is 4.79 Å². The van der Waals surface area contributed by atoms with Gasteiger partial charge in [-0.25, -0.2) is 4.79 Å². The molecule has 1 unspecified atom stereocenters. The van der Waals surface area contributed by atoms with Gasteiger partial charge in [-0.3, -0.25) is 0 Å². The number of aryl methyl sites for hydroxylation is 2. The Bertz CT molecular complexity index is 728. The van der Waals surface area contributed by atoms with E-state index in [1.807, 2.05) is 36.1 Å². The molecule has 0 aromatic heterocycles. The van der Waals surface area contributed by atoms with Gasteiger partial charge in [-0.1, -0.05) is 30.3 Å². The van der Waals surface area contributed by atoms with Gasteiger partial charge in [0.25, 0.3) is 0 Å². The summed E-state index contributed by atoms with van der Waals surface area (Å²) in [7, 11) is 0. The van der Waals surface area contributed by atoms with Gasteiger partial charge in [-0.05, 0) is 50.1 Å². The number of rotatable bonds is 2. The van der Waals surface area contributed by atoms with Gasteiger partial charge in [0.15, 0.2) is 0 Å². The number of piperazine rings is 1. The van der Waals surface area contributed by atoms with Crippen LogP contribution in [0.5, 0.6) is 0 Å². The second kappa shape index (κ2) is 6.95. The summed E-state index contributed by atoms with van der Waals surface area (Å²) < 4.78 is 0. The first-order valence-electron chi connectivity index (χ1n) is 8.49. The predicted molar refractivity (Wildman–Crippen MR) is 99.8 cm³/mol. The highest BCUT2D eigenvalue weighted by molar-refractivity contribution is 5.90. The first kappa shape index (κ1) is 16.4. The molecule has 1 N–H and O–H groups in total. The predicted octanol–water partition coefficient (Wildman–Crippen LogP) is 4.05. The average Bonchev–Trinajstić information content (AvgIpc) is 2.56. The summed E-state index contributed by atoms with van der Waals surface area (Å²) in [6.07, 6.45) is 0. The molecule has 1 aliphatic heterocycles. The second-order valence-electron chi connectivity index (χ2n) is 6.57. The van der Waals surface area contributed by atoms with E-state index in [0.29, 0.717) is 6.04 Å². The van der Waals surface area contributed by atoms with Crippen LogP contribution >= 0.6 is 0 Å². The number of nitrogens with one attached hydrogen (secondary N) is 1. The maximum atomic E-state index is 12.6. The fraction of sp³-hybridized carbons (Fsp3) is 0.350. The summed E-state index contributed by atoms with van der Waals surface area (Å²) >= 11 is 0. The molecule has 1 aliphatic rings. The van der Waals surface area contributed by atoms with E-state index in [1.165, 1.54) is 11.3 Å². The van der Waals surface area contributed by atoms with Crippen molar-refractivity contribution in [3.63, 3.8) is 0 Å². The number of anilines is 2. The van der Waals surface area contributed by atoms with Gasteiger partial charge < -0.3 is 15.1 Å². The highest BCUT2D eigenvalue weighted by Crippen LogP contribution is 2.22. The monoisotopic (exact) mass is 323 g/mol. The lowest BCUT2D eigenvalue weighted by atomic mass is 10.1. The van der Waals surface area contributed by atoms with Crippen LogP contribution in [0, 0.1) is 13.8 Å². The van der Waals surface area contributed by atoms with Crippen LogP contribution in [0.1, 0.15) is 18.1 Å². The molecule has 24 heavy (non-hydrogen) atoms. The minimum atomic E-state index is -0.0138. The van der Waals surface area contributed by atoms with Gasteiger partial charge in [0, 0.05) is 37.1 Å². The first-order chi connectivity index (χ1) is 11.5. The van der Waals surface area contributed by atoms with Crippen LogP contribution in [0.3, 0.4) is 0 Å². The standard InChI is InChI=1S/C20H25N3O/c1-15-7-6-9-18(13-15)23-12-11-22(14-17(23)3)20(24)21-19-10-5-4-8-16(19)2/h4-10,13,17H,11-12,14H2,1-3H3,(H,21,24). The maximum absolute atomic E-state index is 12.6. The molecule has 0 aliphatic carbocycles. The molecule has 1 heterocycles. The molecular weight excluding hydrogens is 298 g/mol. The van der Waals surface area contributed by atoms with Crippen molar-refractivity contribution in [2.45, 2.75) is 26.8 Å². The molecule has 0 radical (unpaired) electrons. The maximum Gasteiger partial charge on any atom is 0.321 e. The Labute approximate surface area is 144 Å². The third-order valence-corrected chi connectivity index (χ3v) is 4.63. The Kier molecular flexibility index (Phi) is 4.74. The van der Waals surface area contributed by atoms with Gasteiger partial charge in [0.05, 0.1) is 0 Å². The quantitative estimate of drug-likeness (QED) is 0.905. The van der Waals surface area contributed by atoms with Gasteiger partial charge in [-0.15, -0.1) is 0 Å². The van der Waals surface area contributed by atoms with Crippen molar-refractivity contribution in [2.75, 3.05) is 29.9 Å². The van der Waals surface area contributed by atoms with Crippen LogP contribution in [-0.4, -0.2) is 36.6 Å². The molecule has 1 saturated heterocycles. The number of hydrogen-bond acceptors (Lipinski definition) is 2. The lowest BCUT2D eigenvalue weighted by Gasteiger charge is -2.41. The Morgan fingerprint density at radius 2 is 1.88 bits per heavy atom. The highest BCUT2D eigenvalue weighted by atomic mass is 16.2. The van der Waals surface area contributed by atoms with Crippen LogP contribution in [0.25, 0.3) is 0 Å². The van der Waals surface area contributed by atoms with Crippen LogP contribution in [0.4, 0.5) is 16.2 Å². The molecule has 0 bridgehead atoms. The number of para-hydroxylation sites is 1. The molecule has 126 valence electrons. The molecular formula is C20H25N3O. The van der Waals surface area contributed by atoms with Crippen molar-refractivity contribution in [2.24, 2.45) is 0 Å². The Hall–Kier alpha value is -2.49. The van der Waals surface area contributed by atoms with Crippen molar-refractivity contribution in [3.05, 3.63) is 59.7 Å². The largest absolute Gasteiger partial charge is 0.365 e. The van der Waals surface area contributed by atoms with Crippen molar-refractivity contribution in [1.82, 2.24) is 4.90 Å². The lowest BCUT2D eigenvalue weighted by Crippen LogP contribution is -2.54. The van der Waals surface area contributed by atoms with E-state index in [4.69, 9.17) is 0 Å². The van der Waals surface area contributed by atoms with E-state index in [0.717, 1.165) is 30.9 Å². The van der Waals surface area contributed by atoms with E-state index >= 15 is 0 Å². The zero-order valence-corrected chi connectivity index (χ0v) is 14.6. The normalized spacial score (nSPS) is 17.7. The average molecular weight is 323 g/mol. The fourth-order valence-electron chi connectivity index (χ4n) is 3.24. The van der Waals surface area contributed by atoms with Crippen molar-refractivity contribution >= 4 is 17.4 Å². The lowest BCUT2D eigenvalue weighted by molar-refractivity contribution is 0.200. The summed E-state index contributed by atoms with van der Waals surface area (Å²) in [5.41, 5.74) is 4.47. The molecule has 2 aromatic carbocycles. The Balaban J connectivity index is 1.65. The Morgan fingerprint density at radius 3 is 2.58 bits per heavy atom. The number of urea groups is 1. The minimum absolute atomic E-state index is 0.0138. The van der Waals surface area contributed by atoms with Crippen LogP contribution in [-0.2, 0) is 0 Å². The number of amides is 2. The fourth-order valence-corrected chi connectivity index (χ4v) is 3.24. The van der Waals surface area contributed by atoms with Gasteiger partial charge >= 0.3 is 6.03 Å². The summed E-state index contributed by atoms with van der Waals surface area (Å²) in [6.45, 7) is 8.61. The van der Waals surface area contributed by atoms with E-state index in [-0.39, 0.29) is 6.03 Å². The molecule has 1 fully saturated rings. The SMILES string of the molecule is Cc1cccc(N2CCN(C(=O)Nc3ccccc3C)CC2C)c1. The first-order valence-corrected chi connectivity index (χ1v) is 8.49. The molecule has 4 heteroatoms. The van der Waals surface area contributed by atoms with Crippen LogP contribution in [0.2, 0.25) is 0 Å². The highest BCUT2D eigenvalue weighted by Gasteiger charge is 2.27. The third-order valence-electron chi connectivity index (χ3n) is 4.63. The topological polar surface area (TPSA) is 35.6 Å². The zero-order valence-electron chi connectivity index (χ0n) is 14.6. The number of nitrogens with zero attached hydrogens (tertiary/aromatic N) is 2. The molecule has 1 atom stereocenters. The van der Waals surface area contributed by atoms with Crippen molar-refractivity contribution < 1.29 is 4.79 Å². The number of carbonyl (C=O) groups excluding carboxylic acids is 1. The molecule has 2 amide bonds. The summed E-state index contributed by atoms with van der Waals surface area (Å²) in [6, 6.07) is 16.7. The molecule has 0 saturated carbocycles. The van der Waals surface area contributed by atoms with Crippen molar-refractivity contribution in [1.29, 1.82) is 0 Å². The zero-order chi connectivity index (χ0) is 17.1. The number of hydrogen-bond donors (Lipinski definition) is 1. The summed E-state index contributed by atoms with van der Waals surface area (Å²) in [5, 5.41) is 3.03. The van der Waals surface area contributed by atoms with Crippen LogP contribution in [0.15, 0.2) is 48.5 Å². The van der Waals surface area contributed by atoms with Gasteiger partial charge in [-0.2, -0.15) is 0 Å². The van der Waals surface area contributed by atoms with Crippen molar-refractivity contribution in [3.8, 4) is 0 Å².